The summed E-state index contributed by atoms with van der Waals surface area (Å²) in [6.07, 6.45) is 1.10. The van der Waals surface area contributed by atoms with Crippen LogP contribution in [0.5, 0.6) is 11.5 Å². The molecule has 0 fully saturated rings. The largest absolute Gasteiger partial charge is 0.486 e. The van der Waals surface area contributed by atoms with Gasteiger partial charge in [0.1, 0.15) is 19.8 Å². The van der Waals surface area contributed by atoms with E-state index in [0.717, 1.165) is 21.7 Å². The van der Waals surface area contributed by atoms with Crippen LogP contribution in [0, 0.1) is 0 Å². The van der Waals surface area contributed by atoms with E-state index >= 15 is 0 Å². The van der Waals surface area contributed by atoms with Crippen LogP contribution in [0.25, 0.3) is 0 Å². The molecule has 0 bridgehead atoms. The van der Waals surface area contributed by atoms with Crippen LogP contribution in [0.1, 0.15) is 44.9 Å². The molecule has 1 aliphatic heterocycles. The molecule has 0 radical (unpaired) electrons. The fourth-order valence-corrected chi connectivity index (χ4v) is 4.21. The number of carbonyl (C=O) groups is 1. The summed E-state index contributed by atoms with van der Waals surface area (Å²) in [5.41, 5.74) is 2.34. The lowest BCUT2D eigenvalue weighted by atomic mass is 9.87. The summed E-state index contributed by atoms with van der Waals surface area (Å²) in [7, 11) is -3.64. The third kappa shape index (κ3) is 5.70. The lowest BCUT2D eigenvalue weighted by Crippen LogP contribution is -2.41. The molecule has 0 unspecified atom stereocenters. The molecule has 3 rings (SSSR count). The van der Waals surface area contributed by atoms with Crippen molar-refractivity contribution in [3.63, 3.8) is 0 Å². The third-order valence-electron chi connectivity index (χ3n) is 5.15. The minimum absolute atomic E-state index is 0.0507. The molecular formula is C23H30N2O5S. The first kappa shape index (κ1) is 22.9. The van der Waals surface area contributed by atoms with Gasteiger partial charge >= 0.3 is 0 Å². The van der Waals surface area contributed by atoms with Crippen LogP contribution < -0.4 is 19.1 Å². The van der Waals surface area contributed by atoms with Gasteiger partial charge < -0.3 is 14.8 Å². The number of hydrogen-bond donors (Lipinski definition) is 1. The summed E-state index contributed by atoms with van der Waals surface area (Å²) in [6.45, 7) is 8.79. The van der Waals surface area contributed by atoms with Crippen LogP contribution in [0.2, 0.25) is 0 Å². The maximum atomic E-state index is 12.7. The number of anilines is 1. The molecule has 168 valence electrons. The summed E-state index contributed by atoms with van der Waals surface area (Å²) in [4.78, 5) is 12.7. The normalized spacial score (nSPS) is 14.6. The van der Waals surface area contributed by atoms with Crippen LogP contribution in [0.4, 0.5) is 5.69 Å². The Labute approximate surface area is 184 Å². The Balaban J connectivity index is 1.72. The van der Waals surface area contributed by atoms with Crippen LogP contribution in [-0.4, -0.2) is 40.3 Å². The van der Waals surface area contributed by atoms with Gasteiger partial charge in [0, 0.05) is 0 Å². The number of fused-ring (bicyclic) bond motifs is 1. The fraction of sp³-hybridized carbons (Fsp3) is 0.435. The van der Waals surface area contributed by atoms with Gasteiger partial charge in [-0.3, -0.25) is 9.10 Å². The van der Waals surface area contributed by atoms with Gasteiger partial charge in [0.2, 0.25) is 15.9 Å². The summed E-state index contributed by atoms with van der Waals surface area (Å²) in [5, 5.41) is 2.87. The van der Waals surface area contributed by atoms with Crippen LogP contribution >= 0.6 is 0 Å². The number of hydrogen-bond acceptors (Lipinski definition) is 5. The van der Waals surface area contributed by atoms with Crippen molar-refractivity contribution in [2.24, 2.45) is 0 Å². The molecule has 1 amide bonds. The number of ether oxygens (including phenoxy) is 2. The Bertz CT molecular complexity index is 1040. The number of nitrogens with zero attached hydrogens (tertiary/aromatic N) is 1. The van der Waals surface area contributed by atoms with E-state index in [-0.39, 0.29) is 18.0 Å². The number of rotatable bonds is 6. The molecule has 0 aliphatic carbocycles. The van der Waals surface area contributed by atoms with Crippen LogP contribution in [-0.2, 0) is 20.2 Å². The molecule has 8 heteroatoms. The maximum absolute atomic E-state index is 12.7. The molecule has 7 nitrogen and oxygen atoms in total. The van der Waals surface area contributed by atoms with Crippen molar-refractivity contribution >= 4 is 21.6 Å². The van der Waals surface area contributed by atoms with Crippen molar-refractivity contribution in [1.82, 2.24) is 5.32 Å². The van der Waals surface area contributed by atoms with Crippen LogP contribution in [0.3, 0.4) is 0 Å². The first-order valence-electron chi connectivity index (χ1n) is 10.2. The number of amides is 1. The molecule has 0 saturated heterocycles. The van der Waals surface area contributed by atoms with E-state index in [9.17, 15) is 13.2 Å². The quantitative estimate of drug-likeness (QED) is 0.735. The Morgan fingerprint density at radius 3 is 2.26 bits per heavy atom. The maximum Gasteiger partial charge on any atom is 0.241 e. The van der Waals surface area contributed by atoms with Gasteiger partial charge in [-0.15, -0.1) is 0 Å². The number of sulfonamides is 1. The van der Waals surface area contributed by atoms with Gasteiger partial charge in [0.15, 0.2) is 11.5 Å². The summed E-state index contributed by atoms with van der Waals surface area (Å²) in [6, 6.07) is 12.4. The Morgan fingerprint density at radius 1 is 1.06 bits per heavy atom. The molecule has 1 atom stereocenters. The van der Waals surface area contributed by atoms with E-state index in [0.29, 0.717) is 30.4 Å². The van der Waals surface area contributed by atoms with Crippen molar-refractivity contribution in [2.45, 2.75) is 39.2 Å². The SMILES string of the molecule is C[C@H](NC(=O)CN(c1ccc(C(C)(C)C)cc1)S(C)(=O)=O)c1ccc2c(c1)OCCO2. The minimum atomic E-state index is -3.64. The van der Waals surface area contributed by atoms with E-state index < -0.39 is 15.9 Å². The lowest BCUT2D eigenvalue weighted by Gasteiger charge is -2.25. The van der Waals surface area contributed by atoms with E-state index in [1.807, 2.05) is 37.3 Å². The fourth-order valence-electron chi connectivity index (χ4n) is 3.36. The second-order valence-electron chi connectivity index (χ2n) is 8.76. The molecule has 0 aromatic heterocycles. The second-order valence-corrected chi connectivity index (χ2v) is 10.7. The van der Waals surface area contributed by atoms with Gasteiger partial charge in [-0.05, 0) is 47.7 Å². The molecule has 1 aliphatic rings. The molecule has 0 saturated carbocycles. The van der Waals surface area contributed by atoms with Crippen molar-refractivity contribution in [3.8, 4) is 11.5 Å². The number of nitrogens with one attached hydrogen (secondary N) is 1. The zero-order valence-electron chi connectivity index (χ0n) is 18.6. The topological polar surface area (TPSA) is 84.9 Å². The summed E-state index contributed by atoms with van der Waals surface area (Å²) >= 11 is 0. The zero-order chi connectivity index (χ0) is 22.8. The lowest BCUT2D eigenvalue weighted by molar-refractivity contribution is -0.120. The van der Waals surface area contributed by atoms with E-state index in [2.05, 4.69) is 26.1 Å². The highest BCUT2D eigenvalue weighted by atomic mass is 32.2. The summed E-state index contributed by atoms with van der Waals surface area (Å²) < 4.78 is 37.0. The molecule has 2 aromatic rings. The Morgan fingerprint density at radius 2 is 1.68 bits per heavy atom. The molecule has 2 aromatic carbocycles. The summed E-state index contributed by atoms with van der Waals surface area (Å²) in [5.74, 6) is 0.921. The van der Waals surface area contributed by atoms with E-state index in [1.54, 1.807) is 12.1 Å². The highest BCUT2D eigenvalue weighted by Crippen LogP contribution is 2.32. The second kappa shape index (κ2) is 8.78. The standard InChI is InChI=1S/C23H30N2O5S/c1-16(17-6-11-20-21(14-17)30-13-12-29-20)24-22(26)15-25(31(5,27)28)19-9-7-18(8-10-19)23(2,3)4/h6-11,14,16H,12-13,15H2,1-5H3,(H,24,26)/t16-/m0/s1. The van der Waals surface area contributed by atoms with Gasteiger partial charge in [0.05, 0.1) is 18.0 Å². The molecule has 1 N–H and O–H groups in total. The van der Waals surface area contributed by atoms with Crippen molar-refractivity contribution in [1.29, 1.82) is 0 Å². The van der Waals surface area contributed by atoms with Crippen molar-refractivity contribution in [2.75, 3.05) is 30.3 Å². The predicted molar refractivity (Wildman–Crippen MR) is 121 cm³/mol. The smallest absolute Gasteiger partial charge is 0.241 e. The average molecular weight is 447 g/mol. The monoisotopic (exact) mass is 446 g/mol. The van der Waals surface area contributed by atoms with E-state index in [4.69, 9.17) is 9.47 Å². The molecule has 1 heterocycles. The van der Waals surface area contributed by atoms with Gasteiger partial charge in [-0.2, -0.15) is 0 Å². The molecule has 31 heavy (non-hydrogen) atoms. The van der Waals surface area contributed by atoms with Gasteiger partial charge in [-0.25, -0.2) is 8.42 Å². The Kier molecular flexibility index (Phi) is 6.50. The van der Waals surface area contributed by atoms with Gasteiger partial charge in [0.25, 0.3) is 0 Å². The molecular weight excluding hydrogens is 416 g/mol. The highest BCUT2D eigenvalue weighted by molar-refractivity contribution is 7.92. The van der Waals surface area contributed by atoms with Crippen molar-refractivity contribution < 1.29 is 22.7 Å². The van der Waals surface area contributed by atoms with E-state index in [1.165, 1.54) is 0 Å². The zero-order valence-corrected chi connectivity index (χ0v) is 19.5. The van der Waals surface area contributed by atoms with Gasteiger partial charge in [-0.1, -0.05) is 39.0 Å². The van der Waals surface area contributed by atoms with Crippen LogP contribution in [0.15, 0.2) is 42.5 Å². The first-order valence-corrected chi connectivity index (χ1v) is 12.1. The average Bonchev–Trinajstić information content (AvgIpc) is 2.70. The third-order valence-corrected chi connectivity index (χ3v) is 6.29. The first-order chi connectivity index (χ1) is 14.4. The van der Waals surface area contributed by atoms with Crippen molar-refractivity contribution in [3.05, 3.63) is 53.6 Å². The molecule has 0 spiro atoms. The number of carbonyl (C=O) groups excluding carboxylic acids is 1. The predicted octanol–water partition coefficient (Wildman–Crippen LogP) is 3.40. The number of benzene rings is 2. The highest BCUT2D eigenvalue weighted by Gasteiger charge is 2.23. The Hall–Kier alpha value is -2.74. The minimum Gasteiger partial charge on any atom is -0.486 e.